The zero-order valence-electron chi connectivity index (χ0n) is 11.4. The molecule has 4 nitrogen and oxygen atoms in total. The van der Waals surface area contributed by atoms with Crippen LogP contribution in [0.25, 0.3) is 0 Å². The van der Waals surface area contributed by atoms with Gasteiger partial charge in [0.2, 0.25) is 0 Å². The summed E-state index contributed by atoms with van der Waals surface area (Å²) in [6, 6.07) is 7.27. The van der Waals surface area contributed by atoms with Crippen molar-refractivity contribution in [3.05, 3.63) is 35.4 Å². The Hall–Kier alpha value is -1.39. The molecule has 4 heteroatoms. The number of aromatic carboxylic acids is 1. The van der Waals surface area contributed by atoms with Crippen LogP contribution in [0, 0.1) is 0 Å². The Balaban J connectivity index is 2.64. The van der Waals surface area contributed by atoms with Crippen LogP contribution in [0.3, 0.4) is 0 Å². The van der Waals surface area contributed by atoms with Crippen LogP contribution in [-0.4, -0.2) is 42.3 Å². The van der Waals surface area contributed by atoms with E-state index >= 15 is 0 Å². The lowest BCUT2D eigenvalue weighted by Gasteiger charge is -2.29. The molecule has 0 heterocycles. The summed E-state index contributed by atoms with van der Waals surface area (Å²) in [7, 11) is 3.74. The van der Waals surface area contributed by atoms with Gasteiger partial charge in [-0.1, -0.05) is 12.1 Å². The maximum absolute atomic E-state index is 10.7. The Morgan fingerprint density at radius 2 is 1.89 bits per heavy atom. The molecular weight excluding hydrogens is 230 g/mol. The van der Waals surface area contributed by atoms with Crippen LogP contribution < -0.4 is 0 Å². The molecule has 2 atom stereocenters. The molecule has 1 aromatic rings. The smallest absolute Gasteiger partial charge is 0.335 e. The number of carboxylic acids is 1. The number of hydrogen-bond donors (Lipinski definition) is 1. The second-order valence-electron chi connectivity index (χ2n) is 4.60. The Morgan fingerprint density at radius 3 is 2.33 bits per heavy atom. The normalized spacial score (nSPS) is 14.5. The molecule has 18 heavy (non-hydrogen) atoms. The highest BCUT2D eigenvalue weighted by Gasteiger charge is 2.16. The van der Waals surface area contributed by atoms with Gasteiger partial charge in [-0.15, -0.1) is 0 Å². The topological polar surface area (TPSA) is 49.8 Å². The van der Waals surface area contributed by atoms with Crippen molar-refractivity contribution in [2.45, 2.75) is 32.5 Å². The third-order valence-electron chi connectivity index (χ3n) is 3.38. The average molecular weight is 251 g/mol. The zero-order valence-corrected chi connectivity index (χ0v) is 11.4. The summed E-state index contributed by atoms with van der Waals surface area (Å²) in [5.74, 6) is -0.892. The van der Waals surface area contributed by atoms with Gasteiger partial charge in [0.25, 0.3) is 0 Å². The lowest BCUT2D eigenvalue weighted by Crippen LogP contribution is -2.37. The van der Waals surface area contributed by atoms with Crippen LogP contribution in [0.15, 0.2) is 24.3 Å². The minimum atomic E-state index is -0.892. The molecule has 0 aliphatic carbocycles. The SMILES string of the molecule is COC(C)C(C)N(C)Cc1ccc(C(=O)O)cc1. The fourth-order valence-electron chi connectivity index (χ4n) is 1.74. The van der Waals surface area contributed by atoms with E-state index in [4.69, 9.17) is 9.84 Å². The van der Waals surface area contributed by atoms with Crippen molar-refractivity contribution in [1.29, 1.82) is 0 Å². The number of likely N-dealkylation sites (N-methyl/N-ethyl adjacent to an activating group) is 1. The Kier molecular flexibility index (Phi) is 5.31. The first-order valence-corrected chi connectivity index (χ1v) is 6.01. The minimum Gasteiger partial charge on any atom is -0.478 e. The molecule has 0 amide bonds. The van der Waals surface area contributed by atoms with Crippen LogP contribution in [0.1, 0.15) is 29.8 Å². The highest BCUT2D eigenvalue weighted by Crippen LogP contribution is 2.11. The third-order valence-corrected chi connectivity index (χ3v) is 3.38. The second-order valence-corrected chi connectivity index (χ2v) is 4.60. The summed E-state index contributed by atoms with van der Waals surface area (Å²) in [6.07, 6.45) is 0.160. The van der Waals surface area contributed by atoms with Gasteiger partial charge in [-0.05, 0) is 38.6 Å². The van der Waals surface area contributed by atoms with E-state index in [1.807, 2.05) is 26.1 Å². The van der Waals surface area contributed by atoms with E-state index in [0.29, 0.717) is 11.6 Å². The molecule has 0 spiro atoms. The largest absolute Gasteiger partial charge is 0.478 e. The van der Waals surface area contributed by atoms with Gasteiger partial charge in [-0.3, -0.25) is 4.90 Å². The summed E-state index contributed by atoms with van der Waals surface area (Å²) in [6.45, 7) is 4.92. The van der Waals surface area contributed by atoms with Crippen LogP contribution in [0.2, 0.25) is 0 Å². The van der Waals surface area contributed by atoms with Gasteiger partial charge in [-0.2, -0.15) is 0 Å². The first-order chi connectivity index (χ1) is 8.45. The minimum absolute atomic E-state index is 0.160. The number of nitrogens with zero attached hydrogens (tertiary/aromatic N) is 1. The molecule has 100 valence electrons. The molecule has 0 radical (unpaired) electrons. The molecule has 1 N–H and O–H groups in total. The predicted molar refractivity (Wildman–Crippen MR) is 70.8 cm³/mol. The van der Waals surface area contributed by atoms with Gasteiger partial charge < -0.3 is 9.84 Å². The summed E-state index contributed by atoms with van der Waals surface area (Å²) < 4.78 is 5.30. The summed E-state index contributed by atoms with van der Waals surface area (Å²) in [5.41, 5.74) is 1.41. The van der Waals surface area contributed by atoms with Crippen LogP contribution in [0.5, 0.6) is 0 Å². The standard InChI is InChI=1S/C14H21NO3/c1-10(11(2)18-4)15(3)9-12-5-7-13(8-6-12)14(16)17/h5-8,10-11H,9H2,1-4H3,(H,16,17). The number of carbonyl (C=O) groups is 1. The van der Waals surface area contributed by atoms with Crippen molar-refractivity contribution < 1.29 is 14.6 Å². The zero-order chi connectivity index (χ0) is 13.7. The van der Waals surface area contributed by atoms with E-state index in [9.17, 15) is 4.79 Å². The van der Waals surface area contributed by atoms with Crippen molar-refractivity contribution in [3.63, 3.8) is 0 Å². The second kappa shape index (κ2) is 6.52. The molecular formula is C14H21NO3. The van der Waals surface area contributed by atoms with E-state index in [2.05, 4.69) is 11.8 Å². The van der Waals surface area contributed by atoms with Gasteiger partial charge in [0.1, 0.15) is 0 Å². The maximum Gasteiger partial charge on any atom is 0.335 e. The fraction of sp³-hybridized carbons (Fsp3) is 0.500. The van der Waals surface area contributed by atoms with E-state index in [1.165, 1.54) is 0 Å². The number of rotatable bonds is 6. The quantitative estimate of drug-likeness (QED) is 0.842. The molecule has 1 aromatic carbocycles. The molecule has 0 aliphatic heterocycles. The number of carboxylic acid groups (broad SMARTS) is 1. The van der Waals surface area contributed by atoms with Gasteiger partial charge in [-0.25, -0.2) is 4.79 Å². The number of benzene rings is 1. The Labute approximate surface area is 108 Å². The van der Waals surface area contributed by atoms with Crippen molar-refractivity contribution in [1.82, 2.24) is 4.90 Å². The molecule has 2 unspecified atom stereocenters. The molecule has 0 bridgehead atoms. The fourth-order valence-corrected chi connectivity index (χ4v) is 1.74. The first kappa shape index (κ1) is 14.7. The Morgan fingerprint density at radius 1 is 1.33 bits per heavy atom. The first-order valence-electron chi connectivity index (χ1n) is 6.01. The monoisotopic (exact) mass is 251 g/mol. The van der Waals surface area contributed by atoms with E-state index < -0.39 is 5.97 Å². The lowest BCUT2D eigenvalue weighted by molar-refractivity contribution is 0.0412. The van der Waals surface area contributed by atoms with Crippen molar-refractivity contribution in [2.75, 3.05) is 14.2 Å². The van der Waals surface area contributed by atoms with Crippen molar-refractivity contribution >= 4 is 5.97 Å². The van der Waals surface area contributed by atoms with Gasteiger partial charge >= 0.3 is 5.97 Å². The van der Waals surface area contributed by atoms with Crippen molar-refractivity contribution in [3.8, 4) is 0 Å². The number of methoxy groups -OCH3 is 1. The van der Waals surface area contributed by atoms with Gasteiger partial charge in [0, 0.05) is 19.7 Å². The van der Waals surface area contributed by atoms with E-state index in [1.54, 1.807) is 19.2 Å². The van der Waals surface area contributed by atoms with Crippen LogP contribution in [-0.2, 0) is 11.3 Å². The summed E-state index contributed by atoms with van der Waals surface area (Å²) >= 11 is 0. The summed E-state index contributed by atoms with van der Waals surface area (Å²) in [4.78, 5) is 12.9. The molecule has 0 aromatic heterocycles. The summed E-state index contributed by atoms with van der Waals surface area (Å²) in [5, 5.41) is 8.82. The molecule has 1 rings (SSSR count). The van der Waals surface area contributed by atoms with Gasteiger partial charge in [0.15, 0.2) is 0 Å². The van der Waals surface area contributed by atoms with Crippen LogP contribution >= 0.6 is 0 Å². The van der Waals surface area contributed by atoms with Crippen LogP contribution in [0.4, 0.5) is 0 Å². The molecule has 0 saturated carbocycles. The Bertz CT molecular complexity index is 389. The molecule has 0 aliphatic rings. The lowest BCUT2D eigenvalue weighted by atomic mass is 10.1. The van der Waals surface area contributed by atoms with E-state index in [-0.39, 0.29) is 6.10 Å². The highest BCUT2D eigenvalue weighted by molar-refractivity contribution is 5.87. The van der Waals surface area contributed by atoms with E-state index in [0.717, 1.165) is 12.1 Å². The average Bonchev–Trinajstić information content (AvgIpc) is 2.37. The predicted octanol–water partition coefficient (Wildman–Crippen LogP) is 2.24. The third kappa shape index (κ3) is 3.82. The maximum atomic E-state index is 10.7. The highest BCUT2D eigenvalue weighted by atomic mass is 16.5. The number of hydrogen-bond acceptors (Lipinski definition) is 3. The van der Waals surface area contributed by atoms with Crippen molar-refractivity contribution in [2.24, 2.45) is 0 Å². The molecule has 0 fully saturated rings. The molecule has 0 saturated heterocycles. The van der Waals surface area contributed by atoms with Gasteiger partial charge in [0.05, 0.1) is 11.7 Å². The number of ether oxygens (including phenoxy) is 1.